The highest BCUT2D eigenvalue weighted by molar-refractivity contribution is 5.59. The van der Waals surface area contributed by atoms with Gasteiger partial charge in [-0.3, -0.25) is 5.01 Å². The molecular weight excluding hydrogens is 288 g/mol. The Morgan fingerprint density at radius 1 is 1.05 bits per heavy atom. The Morgan fingerprint density at radius 3 is 2.15 bits per heavy atom. The summed E-state index contributed by atoms with van der Waals surface area (Å²) in [4.78, 5) is 0. The van der Waals surface area contributed by atoms with Crippen molar-refractivity contribution in [3.05, 3.63) is 41.7 Å². The first-order valence-electron chi connectivity index (χ1n) is 5.37. The van der Waals surface area contributed by atoms with E-state index in [1.807, 2.05) is 5.43 Å². The summed E-state index contributed by atoms with van der Waals surface area (Å²) in [5.74, 6) is -0.441. The third kappa shape index (κ3) is 2.67. The van der Waals surface area contributed by atoms with Gasteiger partial charge in [0.05, 0.1) is 11.3 Å². The number of halogens is 6. The van der Waals surface area contributed by atoms with Crippen LogP contribution in [0.2, 0.25) is 0 Å². The van der Waals surface area contributed by atoms with Gasteiger partial charge in [0.2, 0.25) is 0 Å². The molecule has 9 heteroatoms. The van der Waals surface area contributed by atoms with Crippen LogP contribution < -0.4 is 16.2 Å². The van der Waals surface area contributed by atoms with E-state index in [0.29, 0.717) is 11.1 Å². The van der Waals surface area contributed by atoms with Gasteiger partial charge in [0.1, 0.15) is 11.9 Å². The minimum atomic E-state index is -4.70. The summed E-state index contributed by atoms with van der Waals surface area (Å²) in [7, 11) is 0. The molecule has 2 rings (SSSR count). The smallest absolute Gasteiger partial charge is 0.384 e. The van der Waals surface area contributed by atoms with Crippen molar-refractivity contribution in [3.8, 4) is 0 Å². The van der Waals surface area contributed by atoms with E-state index in [1.165, 1.54) is 6.07 Å². The molecule has 1 aromatic rings. The molecule has 0 saturated carbocycles. The van der Waals surface area contributed by atoms with Gasteiger partial charge in [-0.05, 0) is 18.2 Å². The quantitative estimate of drug-likeness (QED) is 0.783. The monoisotopic (exact) mass is 297 g/mol. The summed E-state index contributed by atoms with van der Waals surface area (Å²) < 4.78 is 76.1. The lowest BCUT2D eigenvalue weighted by atomic mass is 10.1. The summed E-state index contributed by atoms with van der Waals surface area (Å²) >= 11 is 0. The molecular formula is C11H9F6N3. The number of rotatable bonds is 1. The fourth-order valence-electron chi connectivity index (χ4n) is 1.78. The van der Waals surface area contributed by atoms with E-state index in [2.05, 4.69) is 0 Å². The van der Waals surface area contributed by atoms with Gasteiger partial charge >= 0.3 is 12.4 Å². The van der Waals surface area contributed by atoms with Crippen LogP contribution in [0.1, 0.15) is 5.56 Å². The minimum absolute atomic E-state index is 0.441. The zero-order chi connectivity index (χ0) is 15.1. The van der Waals surface area contributed by atoms with Crippen molar-refractivity contribution in [2.75, 3.05) is 5.01 Å². The molecule has 20 heavy (non-hydrogen) atoms. The molecule has 0 fully saturated rings. The van der Waals surface area contributed by atoms with Crippen LogP contribution >= 0.6 is 0 Å². The molecule has 0 aliphatic carbocycles. The number of alkyl halides is 6. The Morgan fingerprint density at radius 2 is 1.65 bits per heavy atom. The summed E-state index contributed by atoms with van der Waals surface area (Å²) in [6.45, 7) is 0. The lowest BCUT2D eigenvalue weighted by Crippen LogP contribution is -2.46. The van der Waals surface area contributed by atoms with Crippen LogP contribution in [0.5, 0.6) is 0 Å². The first-order chi connectivity index (χ1) is 9.10. The van der Waals surface area contributed by atoms with Crippen LogP contribution in [-0.4, -0.2) is 12.2 Å². The van der Waals surface area contributed by atoms with Gasteiger partial charge in [0.25, 0.3) is 0 Å². The molecule has 0 radical (unpaired) electrons. The van der Waals surface area contributed by atoms with Gasteiger partial charge in [-0.25, -0.2) is 5.43 Å². The average molecular weight is 297 g/mol. The number of hydrogen-bond donors (Lipinski definition) is 2. The lowest BCUT2D eigenvalue weighted by molar-refractivity contribution is -0.143. The van der Waals surface area contributed by atoms with Crippen molar-refractivity contribution in [2.24, 2.45) is 5.73 Å². The largest absolute Gasteiger partial charge is 0.418 e. The number of hydrazine groups is 1. The van der Waals surface area contributed by atoms with E-state index in [0.717, 1.165) is 18.2 Å². The van der Waals surface area contributed by atoms with E-state index in [4.69, 9.17) is 5.73 Å². The molecule has 110 valence electrons. The van der Waals surface area contributed by atoms with Crippen LogP contribution in [-0.2, 0) is 6.18 Å². The van der Waals surface area contributed by atoms with E-state index < -0.39 is 35.5 Å². The van der Waals surface area contributed by atoms with Crippen molar-refractivity contribution < 1.29 is 26.3 Å². The maximum absolute atomic E-state index is 12.8. The fraction of sp³-hybridized carbons (Fsp3) is 0.273. The van der Waals surface area contributed by atoms with Crippen LogP contribution in [0.25, 0.3) is 0 Å². The second-order valence-corrected chi connectivity index (χ2v) is 4.09. The fourth-order valence-corrected chi connectivity index (χ4v) is 1.78. The second-order valence-electron chi connectivity index (χ2n) is 4.09. The molecule has 1 unspecified atom stereocenters. The summed E-state index contributed by atoms with van der Waals surface area (Å²) in [5.41, 5.74) is 5.70. The third-order valence-corrected chi connectivity index (χ3v) is 2.67. The molecule has 1 aliphatic rings. The maximum Gasteiger partial charge on any atom is 0.418 e. The lowest BCUT2D eigenvalue weighted by Gasteiger charge is -2.25. The number of hydrogen-bond acceptors (Lipinski definition) is 3. The van der Waals surface area contributed by atoms with Crippen LogP contribution in [0.15, 0.2) is 36.2 Å². The number of benzene rings is 1. The Bertz CT molecular complexity index is 534. The standard InChI is InChI=1S/C11H9F6N3/c12-10(13,14)6-3-1-2-4-7(6)20-9(18)5-8(19-20)11(15,16)17/h1-5,8,19H,18H2. The van der Waals surface area contributed by atoms with Gasteiger partial charge in [0.15, 0.2) is 0 Å². The van der Waals surface area contributed by atoms with Crippen molar-refractivity contribution in [1.29, 1.82) is 0 Å². The first-order valence-corrected chi connectivity index (χ1v) is 5.37. The van der Waals surface area contributed by atoms with Crippen molar-refractivity contribution >= 4 is 5.69 Å². The third-order valence-electron chi connectivity index (χ3n) is 2.67. The van der Waals surface area contributed by atoms with Crippen LogP contribution in [0.4, 0.5) is 32.0 Å². The molecule has 3 nitrogen and oxygen atoms in total. The van der Waals surface area contributed by atoms with Crippen molar-refractivity contribution in [3.63, 3.8) is 0 Å². The van der Waals surface area contributed by atoms with Crippen molar-refractivity contribution in [1.82, 2.24) is 5.43 Å². The highest BCUT2D eigenvalue weighted by Crippen LogP contribution is 2.38. The van der Waals surface area contributed by atoms with E-state index in [-0.39, 0.29) is 0 Å². The van der Waals surface area contributed by atoms with Gasteiger partial charge in [-0.2, -0.15) is 26.3 Å². The van der Waals surface area contributed by atoms with Gasteiger partial charge in [-0.1, -0.05) is 12.1 Å². The minimum Gasteiger partial charge on any atom is -0.384 e. The Hall–Kier alpha value is -1.90. The summed E-state index contributed by atoms with van der Waals surface area (Å²) in [6.07, 6.45) is -8.73. The molecule has 0 aromatic heterocycles. The molecule has 1 heterocycles. The number of para-hydroxylation sites is 1. The highest BCUT2D eigenvalue weighted by Gasteiger charge is 2.44. The maximum atomic E-state index is 12.8. The normalized spacial score (nSPS) is 20.2. The number of nitrogens with two attached hydrogens (primary N) is 1. The zero-order valence-corrected chi connectivity index (χ0v) is 9.76. The molecule has 1 aromatic carbocycles. The van der Waals surface area contributed by atoms with Crippen molar-refractivity contribution in [2.45, 2.75) is 18.4 Å². The molecule has 3 N–H and O–H groups in total. The highest BCUT2D eigenvalue weighted by atomic mass is 19.4. The Kier molecular flexibility index (Phi) is 3.32. The predicted octanol–water partition coefficient (Wildman–Crippen LogP) is 2.76. The number of nitrogens with zero attached hydrogens (tertiary/aromatic N) is 1. The molecule has 1 aliphatic heterocycles. The van der Waals surface area contributed by atoms with Crippen LogP contribution in [0.3, 0.4) is 0 Å². The molecule has 0 spiro atoms. The number of anilines is 1. The topological polar surface area (TPSA) is 41.3 Å². The SMILES string of the molecule is NC1=CC(C(F)(F)F)NN1c1ccccc1C(F)(F)F. The van der Waals surface area contributed by atoms with Gasteiger partial charge < -0.3 is 5.73 Å². The molecule has 1 atom stereocenters. The first kappa shape index (κ1) is 14.5. The van der Waals surface area contributed by atoms with E-state index in [9.17, 15) is 26.3 Å². The number of nitrogens with one attached hydrogen (secondary N) is 1. The van der Waals surface area contributed by atoms with Gasteiger partial charge in [0, 0.05) is 0 Å². The summed E-state index contributed by atoms with van der Waals surface area (Å²) in [5, 5.41) is 0.584. The average Bonchev–Trinajstić information content (AvgIpc) is 2.70. The van der Waals surface area contributed by atoms with E-state index >= 15 is 0 Å². The zero-order valence-electron chi connectivity index (χ0n) is 9.76. The molecule has 0 amide bonds. The van der Waals surface area contributed by atoms with Gasteiger partial charge in [-0.15, -0.1) is 0 Å². The predicted molar refractivity (Wildman–Crippen MR) is 59.2 cm³/mol. The van der Waals surface area contributed by atoms with Crippen LogP contribution in [0, 0.1) is 0 Å². The Balaban J connectivity index is 2.38. The summed E-state index contributed by atoms with van der Waals surface area (Å²) in [6, 6.07) is 2.11. The second kappa shape index (κ2) is 4.58. The molecule has 0 bridgehead atoms. The van der Waals surface area contributed by atoms with E-state index in [1.54, 1.807) is 0 Å². The molecule has 0 saturated heterocycles. The Labute approximate surface area is 109 Å².